The number of nitrogens with zero attached hydrogens (tertiary/aromatic N) is 2. The maximum atomic E-state index is 12.7. The minimum Gasteiger partial charge on any atom is -0.374 e. The molecular formula is C23H29N3O. The van der Waals surface area contributed by atoms with Gasteiger partial charge in [0.05, 0.1) is 6.04 Å². The smallest absolute Gasteiger partial charge is 0.251 e. The number of nitrogens with one attached hydrogen (secondary N) is 1. The topological polar surface area (TPSA) is 35.6 Å². The molecule has 0 aliphatic carbocycles. The summed E-state index contributed by atoms with van der Waals surface area (Å²) < 4.78 is 0. The molecular weight excluding hydrogens is 334 g/mol. The third-order valence-corrected chi connectivity index (χ3v) is 6.04. The Balaban J connectivity index is 1.53. The minimum absolute atomic E-state index is 0.0261. The van der Waals surface area contributed by atoms with E-state index in [0.29, 0.717) is 6.54 Å². The molecule has 142 valence electrons. The molecule has 1 fully saturated rings. The molecule has 2 aliphatic rings. The number of likely N-dealkylation sites (N-methyl/N-ethyl adjacent to an activating group) is 1. The monoisotopic (exact) mass is 363 g/mol. The van der Waals surface area contributed by atoms with Crippen LogP contribution in [0.25, 0.3) is 0 Å². The molecule has 4 rings (SSSR count). The van der Waals surface area contributed by atoms with Gasteiger partial charge < -0.3 is 10.2 Å². The maximum absolute atomic E-state index is 12.7. The zero-order chi connectivity index (χ0) is 18.8. The quantitative estimate of drug-likeness (QED) is 0.882. The molecule has 27 heavy (non-hydrogen) atoms. The van der Waals surface area contributed by atoms with E-state index in [1.165, 1.54) is 29.7 Å². The van der Waals surface area contributed by atoms with Gasteiger partial charge in [0.15, 0.2) is 0 Å². The molecule has 2 aromatic rings. The van der Waals surface area contributed by atoms with E-state index in [9.17, 15) is 4.79 Å². The number of carbonyl (C=O) groups is 1. The van der Waals surface area contributed by atoms with Crippen LogP contribution in [0, 0.1) is 6.92 Å². The van der Waals surface area contributed by atoms with Crippen LogP contribution in [0.1, 0.15) is 45.9 Å². The highest BCUT2D eigenvalue weighted by Gasteiger charge is 2.26. The Labute approximate surface area is 162 Å². The summed E-state index contributed by atoms with van der Waals surface area (Å²) >= 11 is 0. The number of hydrogen-bond acceptors (Lipinski definition) is 3. The molecule has 2 aliphatic heterocycles. The maximum Gasteiger partial charge on any atom is 0.251 e. The van der Waals surface area contributed by atoms with Gasteiger partial charge in [-0.15, -0.1) is 0 Å². The first-order chi connectivity index (χ1) is 13.1. The van der Waals surface area contributed by atoms with E-state index in [1.807, 2.05) is 31.2 Å². The Morgan fingerprint density at radius 1 is 1.11 bits per heavy atom. The number of aryl methyl sites for hydroxylation is 1. The molecule has 2 aromatic carbocycles. The number of benzene rings is 2. The van der Waals surface area contributed by atoms with E-state index < -0.39 is 0 Å². The number of anilines is 1. The van der Waals surface area contributed by atoms with Crippen LogP contribution in [0.2, 0.25) is 0 Å². The highest BCUT2D eigenvalue weighted by molar-refractivity contribution is 5.95. The van der Waals surface area contributed by atoms with Crippen LogP contribution in [-0.4, -0.2) is 44.0 Å². The molecule has 0 spiro atoms. The second-order valence-corrected chi connectivity index (χ2v) is 7.84. The van der Waals surface area contributed by atoms with Crippen molar-refractivity contribution in [3.05, 3.63) is 64.7 Å². The molecule has 0 unspecified atom stereocenters. The lowest BCUT2D eigenvalue weighted by Gasteiger charge is -2.29. The van der Waals surface area contributed by atoms with Gasteiger partial charge >= 0.3 is 0 Å². The van der Waals surface area contributed by atoms with Crippen LogP contribution in [0.4, 0.5) is 5.69 Å². The van der Waals surface area contributed by atoms with Crippen molar-refractivity contribution in [1.29, 1.82) is 0 Å². The second-order valence-electron chi connectivity index (χ2n) is 7.84. The molecule has 0 aromatic heterocycles. The predicted octanol–water partition coefficient (Wildman–Crippen LogP) is 3.55. The Morgan fingerprint density at radius 3 is 2.67 bits per heavy atom. The standard InChI is InChI=1S/C23H29N3O/c1-17-7-3-4-8-20(17)23(27)24-16-22(26-12-5-6-13-26)18-9-10-21-19(15-18)11-14-25(21)2/h3-4,7-10,15,22H,5-6,11-14,16H2,1-2H3,(H,24,27)/t22-/m0/s1. The summed E-state index contributed by atoms with van der Waals surface area (Å²) in [5, 5.41) is 3.20. The minimum atomic E-state index is 0.0261. The van der Waals surface area contributed by atoms with Crippen molar-refractivity contribution in [3.63, 3.8) is 0 Å². The number of rotatable bonds is 5. The highest BCUT2D eigenvalue weighted by Crippen LogP contribution is 2.32. The van der Waals surface area contributed by atoms with Crippen molar-refractivity contribution in [2.45, 2.75) is 32.2 Å². The summed E-state index contributed by atoms with van der Waals surface area (Å²) in [7, 11) is 2.16. The molecule has 0 saturated carbocycles. The van der Waals surface area contributed by atoms with Crippen molar-refractivity contribution in [3.8, 4) is 0 Å². The summed E-state index contributed by atoms with van der Waals surface area (Å²) in [6.45, 7) is 5.96. The molecule has 1 saturated heterocycles. The van der Waals surface area contributed by atoms with E-state index in [0.717, 1.165) is 37.2 Å². The Morgan fingerprint density at radius 2 is 1.89 bits per heavy atom. The lowest BCUT2D eigenvalue weighted by molar-refractivity contribution is 0.0937. The van der Waals surface area contributed by atoms with Gasteiger partial charge in [0, 0.05) is 31.4 Å². The van der Waals surface area contributed by atoms with E-state index >= 15 is 0 Å². The van der Waals surface area contributed by atoms with Crippen molar-refractivity contribution >= 4 is 11.6 Å². The number of fused-ring (bicyclic) bond motifs is 1. The van der Waals surface area contributed by atoms with Crippen LogP contribution in [0.5, 0.6) is 0 Å². The Hall–Kier alpha value is -2.33. The van der Waals surface area contributed by atoms with Crippen molar-refractivity contribution in [2.24, 2.45) is 0 Å². The summed E-state index contributed by atoms with van der Waals surface area (Å²) in [6, 6.07) is 14.9. The summed E-state index contributed by atoms with van der Waals surface area (Å²) in [6.07, 6.45) is 3.60. The largest absolute Gasteiger partial charge is 0.374 e. The fraction of sp³-hybridized carbons (Fsp3) is 0.435. The van der Waals surface area contributed by atoms with E-state index in [4.69, 9.17) is 0 Å². The third kappa shape index (κ3) is 3.72. The van der Waals surface area contributed by atoms with Gasteiger partial charge in [-0.3, -0.25) is 9.69 Å². The van der Waals surface area contributed by atoms with Gasteiger partial charge in [0.1, 0.15) is 0 Å². The van der Waals surface area contributed by atoms with Gasteiger partial charge in [-0.2, -0.15) is 0 Å². The first-order valence-corrected chi connectivity index (χ1v) is 10.1. The highest BCUT2D eigenvalue weighted by atomic mass is 16.1. The van der Waals surface area contributed by atoms with Crippen LogP contribution in [-0.2, 0) is 6.42 Å². The van der Waals surface area contributed by atoms with Gasteiger partial charge in [0.25, 0.3) is 5.91 Å². The number of hydrogen-bond donors (Lipinski definition) is 1. The average Bonchev–Trinajstić information content (AvgIpc) is 3.33. The van der Waals surface area contributed by atoms with E-state index in [-0.39, 0.29) is 11.9 Å². The molecule has 4 heteroatoms. The van der Waals surface area contributed by atoms with Gasteiger partial charge in [0.2, 0.25) is 0 Å². The zero-order valence-electron chi connectivity index (χ0n) is 16.4. The molecule has 0 bridgehead atoms. The van der Waals surface area contributed by atoms with Crippen molar-refractivity contribution in [2.75, 3.05) is 38.1 Å². The SMILES string of the molecule is Cc1ccccc1C(=O)NC[C@@H](c1ccc2c(c1)CCN2C)N1CCCC1. The Kier molecular flexibility index (Phi) is 5.17. The summed E-state index contributed by atoms with van der Waals surface area (Å²) in [5.74, 6) is 0.0261. The van der Waals surface area contributed by atoms with Gasteiger partial charge in [-0.05, 0) is 68.1 Å². The lowest BCUT2D eigenvalue weighted by atomic mass is 10.0. The second kappa shape index (κ2) is 7.73. The van der Waals surface area contributed by atoms with E-state index in [1.54, 1.807) is 0 Å². The van der Waals surface area contributed by atoms with Gasteiger partial charge in [-0.25, -0.2) is 0 Å². The van der Waals surface area contributed by atoms with Gasteiger partial charge in [-0.1, -0.05) is 30.3 Å². The molecule has 1 atom stereocenters. The number of carbonyl (C=O) groups excluding carboxylic acids is 1. The predicted molar refractivity (Wildman–Crippen MR) is 110 cm³/mol. The van der Waals surface area contributed by atoms with Crippen molar-refractivity contribution < 1.29 is 4.79 Å². The zero-order valence-corrected chi connectivity index (χ0v) is 16.4. The lowest BCUT2D eigenvalue weighted by Crippen LogP contribution is -2.37. The first kappa shape index (κ1) is 18.1. The fourth-order valence-corrected chi connectivity index (χ4v) is 4.42. The summed E-state index contributed by atoms with van der Waals surface area (Å²) in [5.41, 5.74) is 5.91. The molecule has 2 heterocycles. The fourth-order valence-electron chi connectivity index (χ4n) is 4.42. The molecule has 4 nitrogen and oxygen atoms in total. The van der Waals surface area contributed by atoms with Crippen molar-refractivity contribution in [1.82, 2.24) is 10.2 Å². The van der Waals surface area contributed by atoms with Crippen LogP contribution >= 0.6 is 0 Å². The number of likely N-dealkylation sites (tertiary alicyclic amines) is 1. The average molecular weight is 364 g/mol. The Bertz CT molecular complexity index is 826. The third-order valence-electron chi connectivity index (χ3n) is 6.04. The summed E-state index contributed by atoms with van der Waals surface area (Å²) in [4.78, 5) is 17.6. The molecule has 1 N–H and O–H groups in total. The number of amides is 1. The van der Waals surface area contributed by atoms with Crippen LogP contribution in [0.15, 0.2) is 42.5 Å². The van der Waals surface area contributed by atoms with Crippen LogP contribution < -0.4 is 10.2 Å². The molecule has 1 amide bonds. The first-order valence-electron chi connectivity index (χ1n) is 10.1. The van der Waals surface area contributed by atoms with E-state index in [2.05, 4.69) is 40.4 Å². The molecule has 0 radical (unpaired) electrons. The normalized spacial score (nSPS) is 17.8. The van der Waals surface area contributed by atoms with Crippen LogP contribution in [0.3, 0.4) is 0 Å².